The topological polar surface area (TPSA) is 76.1 Å². The first-order valence-corrected chi connectivity index (χ1v) is 9.02. The normalized spacial score (nSPS) is 13.9. The van der Waals surface area contributed by atoms with Crippen LogP contribution in [0, 0.1) is 11.6 Å². The number of anilines is 1. The van der Waals surface area contributed by atoms with Crippen LogP contribution >= 0.6 is 11.3 Å². The van der Waals surface area contributed by atoms with E-state index in [0.29, 0.717) is 11.4 Å². The number of hydrogen-bond donors (Lipinski definition) is 2. The van der Waals surface area contributed by atoms with Gasteiger partial charge in [-0.25, -0.2) is 13.8 Å². The number of benzene rings is 1. The molecule has 0 unspecified atom stereocenters. The van der Waals surface area contributed by atoms with Gasteiger partial charge in [0.1, 0.15) is 39.9 Å². The van der Waals surface area contributed by atoms with Gasteiger partial charge in [0.2, 0.25) is 0 Å². The Kier molecular flexibility index (Phi) is 4.78. The second-order valence-electron chi connectivity index (χ2n) is 5.86. The molecular weight excluding hydrogens is 374 g/mol. The number of nitrogens with one attached hydrogen (secondary N) is 2. The lowest BCUT2D eigenvalue weighted by molar-refractivity contribution is 0.102. The third-order valence-corrected chi connectivity index (χ3v) is 4.84. The molecule has 1 aliphatic rings. The Balaban J connectivity index is 1.54. The van der Waals surface area contributed by atoms with Gasteiger partial charge in [-0.05, 0) is 12.1 Å². The predicted octanol–water partition coefficient (Wildman–Crippen LogP) is 3.09. The van der Waals surface area contributed by atoms with E-state index in [1.807, 2.05) is 0 Å². The summed E-state index contributed by atoms with van der Waals surface area (Å²) in [6.45, 7) is 1.47. The van der Waals surface area contributed by atoms with Crippen molar-refractivity contribution in [1.82, 2.24) is 15.3 Å². The van der Waals surface area contributed by atoms with Gasteiger partial charge in [-0.3, -0.25) is 9.78 Å². The number of amides is 1. The van der Waals surface area contributed by atoms with E-state index in [-0.39, 0.29) is 22.4 Å². The summed E-state index contributed by atoms with van der Waals surface area (Å²) in [7, 11) is 0. The number of aromatic nitrogens is 2. The summed E-state index contributed by atoms with van der Waals surface area (Å²) in [5, 5.41) is 7.33. The van der Waals surface area contributed by atoms with Crippen LogP contribution in [0.25, 0.3) is 10.6 Å². The van der Waals surface area contributed by atoms with Crippen LogP contribution in [0.15, 0.2) is 42.0 Å². The van der Waals surface area contributed by atoms with Crippen LogP contribution in [0.1, 0.15) is 10.5 Å². The molecule has 3 heterocycles. The maximum absolute atomic E-state index is 13.9. The number of pyridine rings is 1. The molecule has 1 aromatic carbocycles. The summed E-state index contributed by atoms with van der Waals surface area (Å²) in [5.41, 5.74) is 0.211. The number of hydrogen-bond acceptors (Lipinski definition) is 6. The van der Waals surface area contributed by atoms with Gasteiger partial charge >= 0.3 is 0 Å². The molecule has 3 aromatic rings. The molecule has 0 atom stereocenters. The monoisotopic (exact) mass is 388 g/mol. The number of halogens is 2. The van der Waals surface area contributed by atoms with Crippen LogP contribution in [0.2, 0.25) is 0 Å². The molecular formula is C18H14F2N4O2S. The summed E-state index contributed by atoms with van der Waals surface area (Å²) in [4.78, 5) is 20.6. The molecule has 1 aliphatic heterocycles. The van der Waals surface area contributed by atoms with E-state index in [0.717, 1.165) is 36.6 Å². The molecule has 1 fully saturated rings. The van der Waals surface area contributed by atoms with Gasteiger partial charge in [0, 0.05) is 30.7 Å². The van der Waals surface area contributed by atoms with Crippen LogP contribution in [-0.4, -0.2) is 35.1 Å². The van der Waals surface area contributed by atoms with Crippen molar-refractivity contribution < 1.29 is 18.3 Å². The number of carbonyl (C=O) groups excluding carboxylic acids is 1. The summed E-state index contributed by atoms with van der Waals surface area (Å²) >= 11 is 0.990. The zero-order chi connectivity index (χ0) is 18.8. The molecule has 138 valence electrons. The summed E-state index contributed by atoms with van der Waals surface area (Å²) in [5.74, 6) is -1.47. The second kappa shape index (κ2) is 7.37. The highest BCUT2D eigenvalue weighted by molar-refractivity contribution is 7.13. The summed E-state index contributed by atoms with van der Waals surface area (Å²) in [6, 6.07) is 5.23. The van der Waals surface area contributed by atoms with Crippen molar-refractivity contribution in [2.24, 2.45) is 0 Å². The first-order valence-electron chi connectivity index (χ1n) is 8.14. The fraction of sp³-hybridized carbons (Fsp3) is 0.167. The Hall–Kier alpha value is -2.91. The van der Waals surface area contributed by atoms with Gasteiger partial charge in [0.25, 0.3) is 5.91 Å². The van der Waals surface area contributed by atoms with Crippen LogP contribution in [0.5, 0.6) is 5.75 Å². The predicted molar refractivity (Wildman–Crippen MR) is 96.9 cm³/mol. The van der Waals surface area contributed by atoms with Crippen molar-refractivity contribution in [2.45, 2.75) is 6.10 Å². The second-order valence-corrected chi connectivity index (χ2v) is 6.72. The molecule has 0 radical (unpaired) electrons. The Labute approximate surface area is 157 Å². The highest BCUT2D eigenvalue weighted by Crippen LogP contribution is 2.30. The lowest BCUT2D eigenvalue weighted by Gasteiger charge is -2.28. The standard InChI is InChI=1S/C18H14F2N4O2S/c19-11-2-1-3-12(20)16(11)18-24-14(9-27-18)17(25)23-13-8-21-5-4-15(13)26-10-6-22-7-10/h1-5,8-10,22H,6-7H2,(H,23,25). The highest BCUT2D eigenvalue weighted by atomic mass is 32.1. The molecule has 1 amide bonds. The van der Waals surface area contributed by atoms with E-state index in [1.54, 1.807) is 12.3 Å². The molecule has 9 heteroatoms. The van der Waals surface area contributed by atoms with Crippen molar-refractivity contribution in [1.29, 1.82) is 0 Å². The zero-order valence-corrected chi connectivity index (χ0v) is 14.7. The van der Waals surface area contributed by atoms with Crippen LogP contribution in [-0.2, 0) is 0 Å². The van der Waals surface area contributed by atoms with Crippen molar-refractivity contribution in [2.75, 3.05) is 18.4 Å². The smallest absolute Gasteiger partial charge is 0.275 e. The Bertz CT molecular complexity index is 971. The van der Waals surface area contributed by atoms with E-state index in [4.69, 9.17) is 4.74 Å². The van der Waals surface area contributed by atoms with Gasteiger partial charge in [0.15, 0.2) is 0 Å². The van der Waals surface area contributed by atoms with E-state index < -0.39 is 17.5 Å². The van der Waals surface area contributed by atoms with Crippen molar-refractivity contribution in [3.8, 4) is 16.3 Å². The SMILES string of the molecule is O=C(Nc1cnccc1OC1CNC1)c1csc(-c2c(F)cccc2F)n1. The molecule has 0 aliphatic carbocycles. The fourth-order valence-electron chi connectivity index (χ4n) is 2.48. The minimum atomic E-state index is -0.728. The number of thiazole rings is 1. The van der Waals surface area contributed by atoms with E-state index in [1.165, 1.54) is 17.6 Å². The lowest BCUT2D eigenvalue weighted by Crippen LogP contribution is -2.50. The third-order valence-electron chi connectivity index (χ3n) is 3.98. The third kappa shape index (κ3) is 3.64. The molecule has 27 heavy (non-hydrogen) atoms. The van der Waals surface area contributed by atoms with Crippen molar-refractivity contribution in [3.05, 3.63) is 59.4 Å². The van der Waals surface area contributed by atoms with Crippen LogP contribution < -0.4 is 15.4 Å². The first kappa shape index (κ1) is 17.5. The molecule has 2 N–H and O–H groups in total. The van der Waals surface area contributed by atoms with Crippen LogP contribution in [0.3, 0.4) is 0 Å². The number of nitrogens with zero attached hydrogens (tertiary/aromatic N) is 2. The van der Waals surface area contributed by atoms with Gasteiger partial charge in [-0.15, -0.1) is 11.3 Å². The Morgan fingerprint density at radius 1 is 1.26 bits per heavy atom. The molecule has 4 rings (SSSR count). The summed E-state index contributed by atoms with van der Waals surface area (Å²) in [6.07, 6.45) is 3.08. The molecule has 2 aromatic heterocycles. The molecule has 0 saturated carbocycles. The minimum Gasteiger partial charge on any atom is -0.485 e. The molecule has 0 bridgehead atoms. The van der Waals surface area contributed by atoms with Crippen molar-refractivity contribution in [3.63, 3.8) is 0 Å². The Morgan fingerprint density at radius 2 is 2.04 bits per heavy atom. The van der Waals surface area contributed by atoms with Gasteiger partial charge in [0.05, 0.1) is 11.8 Å². The van der Waals surface area contributed by atoms with E-state index in [9.17, 15) is 13.6 Å². The molecule has 1 saturated heterocycles. The lowest BCUT2D eigenvalue weighted by atomic mass is 10.2. The quantitative estimate of drug-likeness (QED) is 0.703. The van der Waals surface area contributed by atoms with Gasteiger partial charge in [-0.2, -0.15) is 0 Å². The number of ether oxygens (including phenoxy) is 1. The van der Waals surface area contributed by atoms with E-state index in [2.05, 4.69) is 20.6 Å². The van der Waals surface area contributed by atoms with E-state index >= 15 is 0 Å². The van der Waals surface area contributed by atoms with Crippen molar-refractivity contribution >= 4 is 22.9 Å². The number of carbonyl (C=O) groups is 1. The largest absolute Gasteiger partial charge is 0.485 e. The number of rotatable bonds is 5. The Morgan fingerprint density at radius 3 is 2.74 bits per heavy atom. The first-order chi connectivity index (χ1) is 13.1. The fourth-order valence-corrected chi connectivity index (χ4v) is 3.33. The minimum absolute atomic E-state index is 0.0398. The zero-order valence-electron chi connectivity index (χ0n) is 13.9. The maximum Gasteiger partial charge on any atom is 0.275 e. The average molecular weight is 388 g/mol. The highest BCUT2D eigenvalue weighted by Gasteiger charge is 2.21. The summed E-state index contributed by atoms with van der Waals surface area (Å²) < 4.78 is 33.6. The molecule has 0 spiro atoms. The molecule has 6 nitrogen and oxygen atoms in total. The maximum atomic E-state index is 13.9. The van der Waals surface area contributed by atoms with Gasteiger partial charge < -0.3 is 15.4 Å². The average Bonchev–Trinajstić information content (AvgIpc) is 3.09. The van der Waals surface area contributed by atoms with Gasteiger partial charge in [-0.1, -0.05) is 6.07 Å². The van der Waals surface area contributed by atoms with Crippen LogP contribution in [0.4, 0.5) is 14.5 Å².